The van der Waals surface area contributed by atoms with E-state index in [0.717, 1.165) is 7.28 Å². The molecular formula is C6H6BBrP. The van der Waals surface area contributed by atoms with Gasteiger partial charge < -0.3 is 0 Å². The standard InChI is InChI=1S/C6H6BrP.B/c7-8-6-4-2-1-3-5-6;/h1-5,8H;. The van der Waals surface area contributed by atoms with E-state index in [2.05, 4.69) is 27.6 Å². The normalized spacial score (nSPS) is 9.44. The van der Waals surface area contributed by atoms with Crippen LogP contribution in [0.15, 0.2) is 30.3 Å². The van der Waals surface area contributed by atoms with Gasteiger partial charge in [0.05, 0.1) is 0 Å². The van der Waals surface area contributed by atoms with E-state index in [1.807, 2.05) is 18.2 Å². The maximum absolute atomic E-state index is 3.39. The van der Waals surface area contributed by atoms with E-state index in [1.165, 1.54) is 5.30 Å². The number of halogens is 1. The third kappa shape index (κ3) is 3.03. The van der Waals surface area contributed by atoms with E-state index < -0.39 is 0 Å². The molecule has 1 aromatic rings. The Balaban J connectivity index is 0.000000640. The van der Waals surface area contributed by atoms with E-state index in [-0.39, 0.29) is 8.41 Å². The van der Waals surface area contributed by atoms with Crippen molar-refractivity contribution in [2.75, 3.05) is 0 Å². The van der Waals surface area contributed by atoms with Crippen LogP contribution in [-0.4, -0.2) is 8.41 Å². The zero-order chi connectivity index (χ0) is 5.82. The van der Waals surface area contributed by atoms with Gasteiger partial charge in [-0.3, -0.25) is 0 Å². The molecular weight excluding hydrogens is 194 g/mol. The molecule has 0 heterocycles. The number of benzene rings is 1. The van der Waals surface area contributed by atoms with Gasteiger partial charge in [-0.25, -0.2) is 0 Å². The molecule has 0 amide bonds. The van der Waals surface area contributed by atoms with E-state index in [1.54, 1.807) is 0 Å². The van der Waals surface area contributed by atoms with Gasteiger partial charge in [0.15, 0.2) is 0 Å². The summed E-state index contributed by atoms with van der Waals surface area (Å²) in [7, 11) is 0.743. The highest BCUT2D eigenvalue weighted by Gasteiger charge is 1.81. The van der Waals surface area contributed by atoms with Gasteiger partial charge in [0.2, 0.25) is 0 Å². The first-order valence-corrected chi connectivity index (χ1v) is 5.61. The lowest BCUT2D eigenvalue weighted by Crippen LogP contribution is -1.85. The van der Waals surface area contributed by atoms with Crippen LogP contribution in [0.3, 0.4) is 0 Å². The summed E-state index contributed by atoms with van der Waals surface area (Å²) < 4.78 is 0. The summed E-state index contributed by atoms with van der Waals surface area (Å²) in [6.45, 7) is 0. The largest absolute Gasteiger partial charge is 0.0622 e. The fourth-order valence-electron chi connectivity index (χ4n) is 0.501. The summed E-state index contributed by atoms with van der Waals surface area (Å²) in [6.07, 6.45) is 0. The number of rotatable bonds is 1. The van der Waals surface area contributed by atoms with Crippen LogP contribution in [0.1, 0.15) is 0 Å². The Kier molecular flexibility index (Phi) is 5.13. The Morgan fingerprint density at radius 3 is 2.00 bits per heavy atom. The molecule has 0 saturated carbocycles. The first-order chi connectivity index (χ1) is 3.93. The maximum Gasteiger partial charge on any atom is 0 e. The molecule has 0 N–H and O–H groups in total. The van der Waals surface area contributed by atoms with Crippen molar-refractivity contribution in [2.45, 2.75) is 0 Å². The molecule has 0 aliphatic heterocycles. The molecule has 0 spiro atoms. The highest BCUT2D eigenvalue weighted by molar-refractivity contribution is 9.37. The topological polar surface area (TPSA) is 0 Å². The molecule has 3 radical (unpaired) electrons. The molecule has 0 bridgehead atoms. The molecule has 1 rings (SSSR count). The highest BCUT2D eigenvalue weighted by Crippen LogP contribution is 2.17. The highest BCUT2D eigenvalue weighted by atomic mass is 79.9. The van der Waals surface area contributed by atoms with Gasteiger partial charge in [-0.1, -0.05) is 45.8 Å². The third-order valence-electron chi connectivity index (χ3n) is 0.883. The van der Waals surface area contributed by atoms with Crippen LogP contribution in [0.5, 0.6) is 0 Å². The second kappa shape index (κ2) is 5.02. The lowest BCUT2D eigenvalue weighted by molar-refractivity contribution is 1.78. The smallest absolute Gasteiger partial charge is 0 e. The minimum absolute atomic E-state index is 0. The average Bonchev–Trinajstić information content (AvgIpc) is 1.90. The fourth-order valence-corrected chi connectivity index (χ4v) is 1.61. The molecule has 1 atom stereocenters. The van der Waals surface area contributed by atoms with Crippen LogP contribution in [-0.2, 0) is 0 Å². The van der Waals surface area contributed by atoms with Crippen LogP contribution in [0.2, 0.25) is 0 Å². The van der Waals surface area contributed by atoms with Gasteiger partial charge in [-0.2, -0.15) is 0 Å². The minimum atomic E-state index is 0. The van der Waals surface area contributed by atoms with E-state index in [0.29, 0.717) is 0 Å². The van der Waals surface area contributed by atoms with Gasteiger partial charge in [0.25, 0.3) is 0 Å². The number of hydrogen-bond acceptors (Lipinski definition) is 0. The second-order valence-electron chi connectivity index (χ2n) is 1.46. The van der Waals surface area contributed by atoms with Crippen molar-refractivity contribution >= 4 is 36.5 Å². The van der Waals surface area contributed by atoms with Crippen molar-refractivity contribution in [1.29, 1.82) is 0 Å². The number of hydrogen-bond donors (Lipinski definition) is 0. The SMILES string of the molecule is BrPc1ccccc1.[B]. The van der Waals surface area contributed by atoms with Crippen LogP contribution in [0.25, 0.3) is 0 Å². The van der Waals surface area contributed by atoms with E-state index >= 15 is 0 Å². The molecule has 0 aliphatic carbocycles. The van der Waals surface area contributed by atoms with Gasteiger partial charge >= 0.3 is 0 Å². The predicted octanol–water partition coefficient (Wildman–Crippen LogP) is 1.92. The van der Waals surface area contributed by atoms with Crippen LogP contribution < -0.4 is 5.30 Å². The minimum Gasteiger partial charge on any atom is -0.0622 e. The molecule has 9 heavy (non-hydrogen) atoms. The van der Waals surface area contributed by atoms with Crippen molar-refractivity contribution in [3.63, 3.8) is 0 Å². The van der Waals surface area contributed by atoms with Crippen LogP contribution >= 0.6 is 22.8 Å². The zero-order valence-corrected chi connectivity index (χ0v) is 7.43. The van der Waals surface area contributed by atoms with Gasteiger partial charge in [0.1, 0.15) is 0 Å². The van der Waals surface area contributed by atoms with Gasteiger partial charge in [0, 0.05) is 8.41 Å². The van der Waals surface area contributed by atoms with E-state index in [4.69, 9.17) is 0 Å². The molecule has 0 aliphatic rings. The third-order valence-corrected chi connectivity index (χ3v) is 2.81. The van der Waals surface area contributed by atoms with Gasteiger partial charge in [-0.05, 0) is 12.6 Å². The molecule has 1 aromatic carbocycles. The first-order valence-electron chi connectivity index (χ1n) is 2.35. The van der Waals surface area contributed by atoms with Crippen molar-refractivity contribution < 1.29 is 0 Å². The molecule has 0 aromatic heterocycles. The Labute approximate surface area is 67.1 Å². The molecule has 0 fully saturated rings. The summed E-state index contributed by atoms with van der Waals surface area (Å²) in [5.41, 5.74) is 0. The Bertz CT molecular complexity index is 154. The van der Waals surface area contributed by atoms with E-state index in [9.17, 15) is 0 Å². The summed E-state index contributed by atoms with van der Waals surface area (Å²) in [5, 5.41) is 1.35. The van der Waals surface area contributed by atoms with Crippen LogP contribution in [0.4, 0.5) is 0 Å². The van der Waals surface area contributed by atoms with Crippen molar-refractivity contribution in [1.82, 2.24) is 0 Å². The Morgan fingerprint density at radius 2 is 1.67 bits per heavy atom. The van der Waals surface area contributed by atoms with Crippen molar-refractivity contribution in [2.24, 2.45) is 0 Å². The Morgan fingerprint density at radius 1 is 1.11 bits per heavy atom. The molecule has 1 unspecified atom stereocenters. The lowest BCUT2D eigenvalue weighted by atomic mass is 10.4. The quantitative estimate of drug-likeness (QED) is 0.479. The van der Waals surface area contributed by atoms with Crippen molar-refractivity contribution in [3.8, 4) is 0 Å². The second-order valence-corrected chi connectivity index (χ2v) is 3.42. The lowest BCUT2D eigenvalue weighted by Gasteiger charge is -1.88. The predicted molar refractivity (Wildman–Crippen MR) is 49.1 cm³/mol. The van der Waals surface area contributed by atoms with Gasteiger partial charge in [-0.15, -0.1) is 0 Å². The molecule has 45 valence electrons. The monoisotopic (exact) mass is 199 g/mol. The first kappa shape index (κ1) is 9.19. The average molecular weight is 200 g/mol. The maximum atomic E-state index is 3.39. The molecule has 0 saturated heterocycles. The fraction of sp³-hybridized carbons (Fsp3) is 0. The summed E-state index contributed by atoms with van der Waals surface area (Å²) in [6, 6.07) is 10.3. The molecule has 0 nitrogen and oxygen atoms in total. The Hall–Kier alpha value is 0.195. The molecule has 3 heteroatoms. The van der Waals surface area contributed by atoms with Crippen LogP contribution in [0, 0.1) is 0 Å². The summed E-state index contributed by atoms with van der Waals surface area (Å²) >= 11 is 3.39. The summed E-state index contributed by atoms with van der Waals surface area (Å²) in [4.78, 5) is 0. The van der Waals surface area contributed by atoms with Crippen molar-refractivity contribution in [3.05, 3.63) is 30.3 Å². The zero-order valence-electron chi connectivity index (χ0n) is 4.84. The summed E-state index contributed by atoms with van der Waals surface area (Å²) in [5.74, 6) is 0.